The third-order valence-corrected chi connectivity index (χ3v) is 2.20. The van der Waals surface area contributed by atoms with Gasteiger partial charge in [0.25, 0.3) is 0 Å². The Labute approximate surface area is 91.8 Å². The van der Waals surface area contributed by atoms with E-state index in [2.05, 4.69) is 0 Å². The molecule has 0 aromatic carbocycles. The van der Waals surface area contributed by atoms with Gasteiger partial charge in [-0.15, -0.1) is 0 Å². The predicted molar refractivity (Wildman–Crippen MR) is 59.2 cm³/mol. The van der Waals surface area contributed by atoms with E-state index < -0.39 is 12.0 Å². The second-order valence-electron chi connectivity index (χ2n) is 5.26. The van der Waals surface area contributed by atoms with E-state index in [1.165, 1.54) is 0 Å². The second kappa shape index (κ2) is 5.47. The van der Waals surface area contributed by atoms with Crippen LogP contribution in [0.4, 0.5) is 0 Å². The Morgan fingerprint density at radius 1 is 1.40 bits per heavy atom. The molecule has 1 unspecified atom stereocenters. The van der Waals surface area contributed by atoms with Gasteiger partial charge in [0.15, 0.2) is 0 Å². The van der Waals surface area contributed by atoms with Crippen molar-refractivity contribution in [3.63, 3.8) is 0 Å². The first-order valence-electron chi connectivity index (χ1n) is 5.27. The summed E-state index contributed by atoms with van der Waals surface area (Å²) >= 11 is 0. The molecular weight excluding hydrogens is 194 g/mol. The quantitative estimate of drug-likeness (QED) is 0.687. The van der Waals surface area contributed by atoms with Crippen molar-refractivity contribution in [1.82, 2.24) is 0 Å². The van der Waals surface area contributed by atoms with Gasteiger partial charge in [-0.05, 0) is 11.3 Å². The van der Waals surface area contributed by atoms with Crippen LogP contribution in [0.1, 0.15) is 34.6 Å². The van der Waals surface area contributed by atoms with Crippen molar-refractivity contribution in [1.29, 1.82) is 0 Å². The highest BCUT2D eigenvalue weighted by atomic mass is 16.5. The highest BCUT2D eigenvalue weighted by Crippen LogP contribution is 2.28. The van der Waals surface area contributed by atoms with Gasteiger partial charge in [0.2, 0.25) is 0 Å². The summed E-state index contributed by atoms with van der Waals surface area (Å²) in [5.74, 6) is -0.314. The molecule has 0 radical (unpaired) electrons. The average molecular weight is 217 g/mol. The topological polar surface area (TPSA) is 72.5 Å². The Morgan fingerprint density at radius 3 is 2.13 bits per heavy atom. The van der Waals surface area contributed by atoms with E-state index in [1.807, 2.05) is 34.6 Å². The fourth-order valence-electron chi connectivity index (χ4n) is 1.60. The van der Waals surface area contributed by atoms with Crippen LogP contribution in [0.15, 0.2) is 0 Å². The van der Waals surface area contributed by atoms with Crippen LogP contribution in [-0.2, 0) is 9.53 Å². The Morgan fingerprint density at radius 2 is 1.87 bits per heavy atom. The van der Waals surface area contributed by atoms with Crippen LogP contribution < -0.4 is 5.73 Å². The normalized spacial score (nSPS) is 16.3. The third kappa shape index (κ3) is 4.62. The van der Waals surface area contributed by atoms with Crippen molar-refractivity contribution in [2.24, 2.45) is 17.1 Å². The Kier molecular flexibility index (Phi) is 5.24. The molecule has 0 saturated heterocycles. The number of ether oxygens (including phenoxy) is 1. The zero-order valence-electron chi connectivity index (χ0n) is 10.3. The smallest absolute Gasteiger partial charge is 0.325 e. The molecule has 4 heteroatoms. The van der Waals surface area contributed by atoms with Gasteiger partial charge < -0.3 is 15.6 Å². The molecule has 0 saturated carbocycles. The lowest BCUT2D eigenvalue weighted by atomic mass is 9.82. The van der Waals surface area contributed by atoms with Crippen LogP contribution >= 0.6 is 0 Å². The van der Waals surface area contributed by atoms with Gasteiger partial charge in [0, 0.05) is 0 Å². The monoisotopic (exact) mass is 217 g/mol. The molecule has 0 aliphatic carbocycles. The predicted octanol–water partition coefficient (Wildman–Crippen LogP) is 0.920. The summed E-state index contributed by atoms with van der Waals surface area (Å²) in [5, 5.41) is 8.73. The van der Waals surface area contributed by atoms with Crippen molar-refractivity contribution in [2.45, 2.75) is 46.8 Å². The minimum Gasteiger partial charge on any atom is -0.460 e. The van der Waals surface area contributed by atoms with Gasteiger partial charge in [-0.3, -0.25) is 4.79 Å². The van der Waals surface area contributed by atoms with Crippen LogP contribution in [0.3, 0.4) is 0 Å². The molecule has 4 nitrogen and oxygen atoms in total. The van der Waals surface area contributed by atoms with Gasteiger partial charge in [0.1, 0.15) is 12.1 Å². The lowest BCUT2D eigenvalue weighted by Crippen LogP contribution is -2.43. The minimum atomic E-state index is -0.936. The summed E-state index contributed by atoms with van der Waals surface area (Å²) < 4.78 is 5.31. The van der Waals surface area contributed by atoms with E-state index in [1.54, 1.807) is 0 Å². The van der Waals surface area contributed by atoms with Gasteiger partial charge >= 0.3 is 5.97 Å². The first-order chi connectivity index (χ1) is 6.70. The SMILES string of the molecule is CC(C)C(OC(=O)[C@@H](N)CO)C(C)(C)C. The molecule has 3 N–H and O–H groups in total. The van der Waals surface area contributed by atoms with E-state index in [4.69, 9.17) is 15.6 Å². The minimum absolute atomic E-state index is 0.126. The number of nitrogens with two attached hydrogens (primary N) is 1. The summed E-state index contributed by atoms with van der Waals surface area (Å²) in [6, 6.07) is -0.936. The van der Waals surface area contributed by atoms with E-state index in [0.717, 1.165) is 0 Å². The molecule has 90 valence electrons. The fourth-order valence-corrected chi connectivity index (χ4v) is 1.60. The van der Waals surface area contributed by atoms with Gasteiger partial charge in [-0.25, -0.2) is 0 Å². The number of rotatable bonds is 4. The molecule has 0 spiro atoms. The number of carbonyl (C=O) groups is 1. The highest BCUT2D eigenvalue weighted by molar-refractivity contribution is 5.75. The fraction of sp³-hybridized carbons (Fsp3) is 0.909. The Hall–Kier alpha value is -0.610. The number of aliphatic hydroxyl groups is 1. The van der Waals surface area contributed by atoms with Gasteiger partial charge in [0.05, 0.1) is 6.61 Å². The first-order valence-corrected chi connectivity index (χ1v) is 5.27. The molecule has 0 aliphatic rings. The molecule has 0 fully saturated rings. The maximum Gasteiger partial charge on any atom is 0.325 e. The van der Waals surface area contributed by atoms with Crippen molar-refractivity contribution >= 4 is 5.97 Å². The van der Waals surface area contributed by atoms with E-state index in [-0.39, 0.29) is 24.0 Å². The summed E-state index contributed by atoms with van der Waals surface area (Å²) in [6.45, 7) is 9.63. The van der Waals surface area contributed by atoms with Crippen molar-refractivity contribution in [2.75, 3.05) is 6.61 Å². The van der Waals surface area contributed by atoms with Crippen LogP contribution in [0, 0.1) is 11.3 Å². The van der Waals surface area contributed by atoms with E-state index in [9.17, 15) is 4.79 Å². The van der Waals surface area contributed by atoms with Crippen LogP contribution in [0.5, 0.6) is 0 Å². The van der Waals surface area contributed by atoms with E-state index >= 15 is 0 Å². The summed E-state index contributed by atoms with van der Waals surface area (Å²) in [6.07, 6.45) is -0.192. The van der Waals surface area contributed by atoms with Crippen LogP contribution in [0.2, 0.25) is 0 Å². The molecule has 0 amide bonds. The van der Waals surface area contributed by atoms with Crippen LogP contribution in [0.25, 0.3) is 0 Å². The number of hydrogen-bond donors (Lipinski definition) is 2. The lowest BCUT2D eigenvalue weighted by Gasteiger charge is -2.33. The molecule has 0 rings (SSSR count). The standard InChI is InChI=1S/C11H23NO3/c1-7(2)9(11(3,4)5)15-10(14)8(12)6-13/h7-9,13H,6,12H2,1-5H3/t8-,9?/m0/s1. The second-order valence-corrected chi connectivity index (χ2v) is 5.26. The van der Waals surface area contributed by atoms with E-state index in [0.29, 0.717) is 0 Å². The first kappa shape index (κ1) is 14.4. The Balaban J connectivity index is 4.50. The molecule has 0 aliphatic heterocycles. The van der Waals surface area contributed by atoms with Crippen LogP contribution in [-0.4, -0.2) is 29.8 Å². The molecule has 2 atom stereocenters. The molecule has 0 heterocycles. The molecule has 0 bridgehead atoms. The zero-order valence-corrected chi connectivity index (χ0v) is 10.3. The average Bonchev–Trinajstić information content (AvgIpc) is 2.09. The van der Waals surface area contributed by atoms with Gasteiger partial charge in [-0.1, -0.05) is 34.6 Å². The molecular formula is C11H23NO3. The number of hydrogen-bond acceptors (Lipinski definition) is 4. The molecule has 15 heavy (non-hydrogen) atoms. The van der Waals surface area contributed by atoms with Crippen molar-refractivity contribution < 1.29 is 14.6 Å². The summed E-state index contributed by atoms with van der Waals surface area (Å²) in [5.41, 5.74) is 5.26. The van der Waals surface area contributed by atoms with Crippen molar-refractivity contribution in [3.05, 3.63) is 0 Å². The highest BCUT2D eigenvalue weighted by Gasteiger charge is 2.32. The largest absolute Gasteiger partial charge is 0.460 e. The summed E-state index contributed by atoms with van der Waals surface area (Å²) in [4.78, 5) is 11.4. The lowest BCUT2D eigenvalue weighted by molar-refractivity contribution is -0.160. The number of aliphatic hydroxyl groups excluding tert-OH is 1. The molecule has 0 aromatic rings. The third-order valence-electron chi connectivity index (χ3n) is 2.20. The molecule has 0 aromatic heterocycles. The maximum atomic E-state index is 11.4. The Bertz CT molecular complexity index is 208. The van der Waals surface area contributed by atoms with Crippen molar-refractivity contribution in [3.8, 4) is 0 Å². The number of esters is 1. The maximum absolute atomic E-state index is 11.4. The zero-order chi connectivity index (χ0) is 12.2. The summed E-state index contributed by atoms with van der Waals surface area (Å²) in [7, 11) is 0. The van der Waals surface area contributed by atoms with Gasteiger partial charge in [-0.2, -0.15) is 0 Å². The number of carbonyl (C=O) groups excluding carboxylic acids is 1.